The average molecular weight is 394 g/mol. The lowest BCUT2D eigenvalue weighted by Gasteiger charge is -2.24. The van der Waals surface area contributed by atoms with E-state index in [2.05, 4.69) is 42.5 Å². The number of nitrogens with zero attached hydrogens (tertiary/aromatic N) is 2. The number of Topliss-reactive ketones (excluding diaryl/α,β-unsaturated/α-hetero) is 1. The van der Waals surface area contributed by atoms with Crippen molar-refractivity contribution in [1.82, 2.24) is 15.1 Å². The number of benzene rings is 1. The van der Waals surface area contributed by atoms with Crippen LogP contribution in [0.15, 0.2) is 35.8 Å². The molecule has 1 unspecified atom stereocenters. The summed E-state index contributed by atoms with van der Waals surface area (Å²) in [5.41, 5.74) is 6.27. The summed E-state index contributed by atoms with van der Waals surface area (Å²) in [6, 6.07) is 8.04. The number of amides is 1. The van der Waals surface area contributed by atoms with E-state index in [1.807, 2.05) is 10.9 Å². The lowest BCUT2D eigenvalue weighted by atomic mass is 9.92. The Morgan fingerprint density at radius 1 is 1.18 bits per heavy atom. The van der Waals surface area contributed by atoms with Crippen LogP contribution in [-0.2, 0) is 6.42 Å². The normalized spacial score (nSPS) is 15.9. The summed E-state index contributed by atoms with van der Waals surface area (Å²) in [5, 5.41) is 9.51. The first-order valence-electron chi connectivity index (χ1n) is 9.48. The van der Waals surface area contributed by atoms with Crippen molar-refractivity contribution < 1.29 is 9.59 Å². The Morgan fingerprint density at radius 2 is 1.93 bits per heavy atom. The van der Waals surface area contributed by atoms with Crippen LogP contribution in [0.1, 0.15) is 68.2 Å². The molecule has 6 heteroatoms. The molecule has 0 fully saturated rings. The Bertz CT molecular complexity index is 1040. The molecule has 3 aromatic rings. The number of fused-ring (bicyclic) bond motifs is 1. The minimum Gasteiger partial charge on any atom is -0.345 e. The van der Waals surface area contributed by atoms with E-state index in [0.717, 1.165) is 36.2 Å². The molecule has 0 spiro atoms. The largest absolute Gasteiger partial charge is 0.345 e. The molecule has 1 aromatic carbocycles. The molecule has 1 aliphatic rings. The van der Waals surface area contributed by atoms with Gasteiger partial charge in [0.15, 0.2) is 5.78 Å². The van der Waals surface area contributed by atoms with Gasteiger partial charge in [0.05, 0.1) is 28.4 Å². The topological polar surface area (TPSA) is 64.0 Å². The van der Waals surface area contributed by atoms with Crippen molar-refractivity contribution in [2.45, 2.75) is 46.1 Å². The van der Waals surface area contributed by atoms with Crippen LogP contribution in [0.5, 0.6) is 0 Å². The van der Waals surface area contributed by atoms with Gasteiger partial charge in [-0.15, -0.1) is 11.3 Å². The Labute approximate surface area is 168 Å². The molecular weight excluding hydrogens is 370 g/mol. The number of carbonyl (C=O) groups excluding carboxylic acids is 2. The fourth-order valence-corrected chi connectivity index (χ4v) is 4.67. The maximum atomic E-state index is 12.7. The Morgan fingerprint density at radius 3 is 2.61 bits per heavy atom. The molecule has 1 amide bonds. The van der Waals surface area contributed by atoms with Gasteiger partial charge in [0, 0.05) is 16.6 Å². The summed E-state index contributed by atoms with van der Waals surface area (Å²) in [7, 11) is 0. The van der Waals surface area contributed by atoms with Gasteiger partial charge in [-0.3, -0.25) is 9.59 Å². The minimum atomic E-state index is -0.138. The van der Waals surface area contributed by atoms with E-state index in [-0.39, 0.29) is 17.7 Å². The van der Waals surface area contributed by atoms with Gasteiger partial charge < -0.3 is 5.32 Å². The second kappa shape index (κ2) is 7.36. The van der Waals surface area contributed by atoms with E-state index in [4.69, 9.17) is 0 Å². The smallest absolute Gasteiger partial charge is 0.252 e. The van der Waals surface area contributed by atoms with Crippen molar-refractivity contribution >= 4 is 23.0 Å². The van der Waals surface area contributed by atoms with Crippen LogP contribution in [0.2, 0.25) is 0 Å². The van der Waals surface area contributed by atoms with Gasteiger partial charge in [-0.25, -0.2) is 4.68 Å². The number of aromatic nitrogens is 2. The third-order valence-corrected chi connectivity index (χ3v) is 6.18. The molecule has 0 saturated carbocycles. The molecule has 0 aliphatic heterocycles. The Hall–Kier alpha value is -2.73. The number of hydrogen-bond acceptors (Lipinski definition) is 4. The molecule has 2 aromatic heterocycles. The number of carbonyl (C=O) groups is 2. The first-order valence-corrected chi connectivity index (χ1v) is 10.4. The second-order valence-electron chi connectivity index (χ2n) is 7.48. The van der Waals surface area contributed by atoms with Gasteiger partial charge in [-0.1, -0.05) is 6.07 Å². The third-order valence-electron chi connectivity index (χ3n) is 5.15. The average Bonchev–Trinajstić information content (AvgIpc) is 3.29. The molecular formula is C22H23N3O2S. The van der Waals surface area contributed by atoms with Crippen molar-refractivity contribution in [3.05, 3.63) is 68.7 Å². The SMILES string of the molecule is CC(=O)c1cc(C(=O)NC2CCCc3c2cnn3-c2cc(C)cc(C)c2)cs1. The van der Waals surface area contributed by atoms with Crippen LogP contribution < -0.4 is 5.32 Å². The maximum Gasteiger partial charge on any atom is 0.252 e. The van der Waals surface area contributed by atoms with E-state index in [9.17, 15) is 9.59 Å². The second-order valence-corrected chi connectivity index (χ2v) is 8.39. The standard InChI is InChI=1S/C22H23N3O2S/c1-13-7-14(2)9-17(8-13)25-20-6-4-5-19(18(20)11-23-25)24-22(27)16-10-21(15(3)26)28-12-16/h7-12,19H,4-6H2,1-3H3,(H,24,27). The van der Waals surface area contributed by atoms with Crippen LogP contribution in [-0.4, -0.2) is 21.5 Å². The van der Waals surface area contributed by atoms with Crippen molar-refractivity contribution in [2.24, 2.45) is 0 Å². The van der Waals surface area contributed by atoms with Gasteiger partial charge >= 0.3 is 0 Å². The summed E-state index contributed by atoms with van der Waals surface area (Å²) in [6.45, 7) is 5.69. The number of thiophene rings is 1. The maximum absolute atomic E-state index is 12.7. The molecule has 0 bridgehead atoms. The van der Waals surface area contributed by atoms with E-state index >= 15 is 0 Å². The van der Waals surface area contributed by atoms with Gasteiger partial charge in [0.25, 0.3) is 5.91 Å². The van der Waals surface area contributed by atoms with Crippen molar-refractivity contribution in [2.75, 3.05) is 0 Å². The number of ketones is 1. The van der Waals surface area contributed by atoms with Crippen molar-refractivity contribution in [3.8, 4) is 5.69 Å². The van der Waals surface area contributed by atoms with Gasteiger partial charge in [0.2, 0.25) is 0 Å². The molecule has 0 saturated heterocycles. The fourth-order valence-electron chi connectivity index (χ4n) is 3.88. The quantitative estimate of drug-likeness (QED) is 0.661. The summed E-state index contributed by atoms with van der Waals surface area (Å²) < 4.78 is 2.01. The lowest BCUT2D eigenvalue weighted by molar-refractivity contribution is 0.0933. The highest BCUT2D eigenvalue weighted by Gasteiger charge is 2.27. The third kappa shape index (κ3) is 3.52. The van der Waals surface area contributed by atoms with Crippen LogP contribution in [0.4, 0.5) is 0 Å². The van der Waals surface area contributed by atoms with Crippen molar-refractivity contribution in [1.29, 1.82) is 0 Å². The predicted molar refractivity (Wildman–Crippen MR) is 111 cm³/mol. The summed E-state index contributed by atoms with van der Waals surface area (Å²) in [6.07, 6.45) is 4.71. The molecule has 28 heavy (non-hydrogen) atoms. The Kier molecular flexibility index (Phi) is 4.89. The van der Waals surface area contributed by atoms with E-state index in [1.165, 1.54) is 29.4 Å². The van der Waals surface area contributed by atoms with Crippen LogP contribution in [0.25, 0.3) is 5.69 Å². The monoisotopic (exact) mass is 393 g/mol. The number of nitrogens with one attached hydrogen (secondary N) is 1. The highest BCUT2D eigenvalue weighted by atomic mass is 32.1. The summed E-state index contributed by atoms with van der Waals surface area (Å²) in [5.74, 6) is -0.153. The van der Waals surface area contributed by atoms with Crippen LogP contribution in [0, 0.1) is 13.8 Å². The number of hydrogen-bond donors (Lipinski definition) is 1. The molecule has 1 aliphatic carbocycles. The lowest BCUT2D eigenvalue weighted by Crippen LogP contribution is -2.30. The molecule has 144 valence electrons. The number of rotatable bonds is 4. The summed E-state index contributed by atoms with van der Waals surface area (Å²) in [4.78, 5) is 24.8. The van der Waals surface area contributed by atoms with Gasteiger partial charge in [-0.2, -0.15) is 5.10 Å². The minimum absolute atomic E-state index is 0.0151. The van der Waals surface area contributed by atoms with Crippen LogP contribution >= 0.6 is 11.3 Å². The summed E-state index contributed by atoms with van der Waals surface area (Å²) >= 11 is 1.31. The molecule has 4 rings (SSSR count). The van der Waals surface area contributed by atoms with E-state index < -0.39 is 0 Å². The Balaban J connectivity index is 1.60. The fraction of sp³-hybridized carbons (Fsp3) is 0.318. The molecule has 5 nitrogen and oxygen atoms in total. The highest BCUT2D eigenvalue weighted by Crippen LogP contribution is 2.32. The van der Waals surface area contributed by atoms with E-state index in [1.54, 1.807) is 11.4 Å². The number of aryl methyl sites for hydroxylation is 2. The van der Waals surface area contributed by atoms with Crippen LogP contribution in [0.3, 0.4) is 0 Å². The van der Waals surface area contributed by atoms with Gasteiger partial charge in [-0.05, 0) is 69.4 Å². The first kappa shape index (κ1) is 18.6. The molecule has 0 radical (unpaired) electrons. The first-order chi connectivity index (χ1) is 13.4. The van der Waals surface area contributed by atoms with Gasteiger partial charge in [0.1, 0.15) is 0 Å². The predicted octanol–water partition coefficient (Wildman–Crippen LogP) is 4.56. The highest BCUT2D eigenvalue weighted by molar-refractivity contribution is 7.12. The molecule has 1 N–H and O–H groups in total. The zero-order valence-electron chi connectivity index (χ0n) is 16.3. The van der Waals surface area contributed by atoms with E-state index in [0.29, 0.717) is 10.4 Å². The zero-order chi connectivity index (χ0) is 19.8. The zero-order valence-corrected chi connectivity index (χ0v) is 17.1. The molecule has 2 heterocycles. The van der Waals surface area contributed by atoms with Crippen molar-refractivity contribution in [3.63, 3.8) is 0 Å². The molecule has 1 atom stereocenters.